The van der Waals surface area contributed by atoms with Gasteiger partial charge in [-0.1, -0.05) is 0 Å². The highest BCUT2D eigenvalue weighted by molar-refractivity contribution is 5.79. The van der Waals surface area contributed by atoms with Gasteiger partial charge in [0.25, 0.3) is 0 Å². The van der Waals surface area contributed by atoms with Crippen molar-refractivity contribution in [2.75, 3.05) is 13.2 Å². The van der Waals surface area contributed by atoms with Gasteiger partial charge in [-0.15, -0.1) is 0 Å². The number of nitrogens with two attached hydrogens (primary N) is 1. The molecule has 4 heteroatoms. The maximum atomic E-state index is 12.0. The molecular formula is C12H22N2O2. The lowest BCUT2D eigenvalue weighted by atomic mass is 9.85. The molecule has 1 saturated carbocycles. The summed E-state index contributed by atoms with van der Waals surface area (Å²) in [5.41, 5.74) is 5.83. The minimum atomic E-state index is 0.197. The van der Waals surface area contributed by atoms with Crippen molar-refractivity contribution < 1.29 is 9.53 Å². The van der Waals surface area contributed by atoms with E-state index in [-0.39, 0.29) is 11.8 Å². The van der Waals surface area contributed by atoms with Crippen LogP contribution in [0.3, 0.4) is 0 Å². The molecule has 2 aliphatic rings. The van der Waals surface area contributed by atoms with Gasteiger partial charge >= 0.3 is 0 Å². The summed E-state index contributed by atoms with van der Waals surface area (Å²) in [5.74, 6) is 0.432. The largest absolute Gasteiger partial charge is 0.381 e. The lowest BCUT2D eigenvalue weighted by Gasteiger charge is -2.29. The van der Waals surface area contributed by atoms with E-state index in [4.69, 9.17) is 10.5 Å². The number of amides is 1. The Balaban J connectivity index is 1.74. The molecule has 92 valence electrons. The predicted molar refractivity (Wildman–Crippen MR) is 61.9 cm³/mol. The number of carbonyl (C=O) groups excluding carboxylic acids is 1. The number of ether oxygens (including phenoxy) is 1. The van der Waals surface area contributed by atoms with E-state index in [2.05, 4.69) is 5.32 Å². The van der Waals surface area contributed by atoms with Crippen LogP contribution in [0.1, 0.15) is 38.5 Å². The predicted octanol–water partition coefficient (Wildman–Crippen LogP) is 0.799. The molecule has 1 aliphatic heterocycles. The molecule has 0 aromatic carbocycles. The van der Waals surface area contributed by atoms with Crippen molar-refractivity contribution in [1.82, 2.24) is 5.32 Å². The molecule has 0 spiro atoms. The third-order valence-corrected chi connectivity index (χ3v) is 3.71. The van der Waals surface area contributed by atoms with E-state index in [9.17, 15) is 4.79 Å². The minimum absolute atomic E-state index is 0.197. The van der Waals surface area contributed by atoms with Crippen molar-refractivity contribution in [3.05, 3.63) is 0 Å². The standard InChI is InChI=1S/C12H22N2O2/c13-10-3-1-9(2-4-10)12(15)14-11-5-7-16-8-6-11/h9-11H,1-8,13H2,(H,14,15). The zero-order valence-corrected chi connectivity index (χ0v) is 9.78. The molecule has 1 saturated heterocycles. The Labute approximate surface area is 96.9 Å². The van der Waals surface area contributed by atoms with Gasteiger partial charge in [-0.3, -0.25) is 4.79 Å². The fraction of sp³-hybridized carbons (Fsp3) is 0.917. The summed E-state index contributed by atoms with van der Waals surface area (Å²) in [6.07, 6.45) is 5.81. The third kappa shape index (κ3) is 3.19. The van der Waals surface area contributed by atoms with E-state index in [0.29, 0.717) is 12.1 Å². The number of nitrogens with one attached hydrogen (secondary N) is 1. The SMILES string of the molecule is NC1CCC(C(=O)NC2CCOCC2)CC1. The highest BCUT2D eigenvalue weighted by Gasteiger charge is 2.26. The lowest BCUT2D eigenvalue weighted by molar-refractivity contribution is -0.127. The maximum absolute atomic E-state index is 12.0. The van der Waals surface area contributed by atoms with E-state index in [1.54, 1.807) is 0 Å². The monoisotopic (exact) mass is 226 g/mol. The topological polar surface area (TPSA) is 64.4 Å². The molecule has 1 aliphatic carbocycles. The van der Waals surface area contributed by atoms with Gasteiger partial charge in [-0.05, 0) is 38.5 Å². The van der Waals surface area contributed by atoms with E-state index in [1.165, 1.54) is 0 Å². The Bertz CT molecular complexity index is 231. The second kappa shape index (κ2) is 5.64. The fourth-order valence-corrected chi connectivity index (χ4v) is 2.54. The van der Waals surface area contributed by atoms with Crippen molar-refractivity contribution in [1.29, 1.82) is 0 Å². The number of hydrogen-bond donors (Lipinski definition) is 2. The van der Waals surface area contributed by atoms with Crippen molar-refractivity contribution in [3.8, 4) is 0 Å². The van der Waals surface area contributed by atoms with Gasteiger partial charge in [0.2, 0.25) is 5.91 Å². The Kier molecular flexibility index (Phi) is 4.18. The van der Waals surface area contributed by atoms with Gasteiger partial charge in [0.1, 0.15) is 0 Å². The van der Waals surface area contributed by atoms with Crippen molar-refractivity contribution in [2.24, 2.45) is 11.7 Å². The summed E-state index contributed by atoms with van der Waals surface area (Å²) in [7, 11) is 0. The molecule has 0 aromatic heterocycles. The van der Waals surface area contributed by atoms with Crippen molar-refractivity contribution in [2.45, 2.75) is 50.6 Å². The van der Waals surface area contributed by atoms with Crippen LogP contribution in [0.15, 0.2) is 0 Å². The Morgan fingerprint density at radius 2 is 1.69 bits per heavy atom. The maximum Gasteiger partial charge on any atom is 0.223 e. The van der Waals surface area contributed by atoms with Gasteiger partial charge in [-0.2, -0.15) is 0 Å². The van der Waals surface area contributed by atoms with Gasteiger partial charge < -0.3 is 15.8 Å². The Hall–Kier alpha value is -0.610. The summed E-state index contributed by atoms with van der Waals surface area (Å²) in [6, 6.07) is 0.643. The molecule has 0 aromatic rings. The summed E-state index contributed by atoms with van der Waals surface area (Å²) in [5, 5.41) is 3.14. The smallest absolute Gasteiger partial charge is 0.223 e. The van der Waals surface area contributed by atoms with Gasteiger partial charge in [-0.25, -0.2) is 0 Å². The minimum Gasteiger partial charge on any atom is -0.381 e. The molecule has 2 fully saturated rings. The second-order valence-corrected chi connectivity index (χ2v) is 5.01. The molecule has 1 amide bonds. The molecule has 16 heavy (non-hydrogen) atoms. The quantitative estimate of drug-likeness (QED) is 0.732. The van der Waals surface area contributed by atoms with Crippen LogP contribution in [0.25, 0.3) is 0 Å². The van der Waals surface area contributed by atoms with Gasteiger partial charge in [0, 0.05) is 31.2 Å². The Morgan fingerprint density at radius 3 is 2.31 bits per heavy atom. The first kappa shape index (κ1) is 11.9. The average molecular weight is 226 g/mol. The molecule has 0 radical (unpaired) electrons. The summed E-state index contributed by atoms with van der Waals surface area (Å²) in [4.78, 5) is 12.0. The molecule has 1 heterocycles. The molecule has 0 unspecified atom stereocenters. The highest BCUT2D eigenvalue weighted by atomic mass is 16.5. The number of carbonyl (C=O) groups is 1. The van der Waals surface area contributed by atoms with Crippen LogP contribution in [0.5, 0.6) is 0 Å². The van der Waals surface area contributed by atoms with Crippen molar-refractivity contribution in [3.63, 3.8) is 0 Å². The first-order valence-electron chi connectivity index (χ1n) is 6.39. The Morgan fingerprint density at radius 1 is 1.06 bits per heavy atom. The number of hydrogen-bond acceptors (Lipinski definition) is 3. The van der Waals surface area contributed by atoms with Crippen molar-refractivity contribution >= 4 is 5.91 Å². The fourth-order valence-electron chi connectivity index (χ4n) is 2.54. The number of rotatable bonds is 2. The van der Waals surface area contributed by atoms with E-state index >= 15 is 0 Å². The first-order valence-corrected chi connectivity index (χ1v) is 6.39. The second-order valence-electron chi connectivity index (χ2n) is 5.01. The first-order chi connectivity index (χ1) is 7.75. The van der Waals surface area contributed by atoms with Gasteiger partial charge in [0.15, 0.2) is 0 Å². The zero-order chi connectivity index (χ0) is 11.4. The molecule has 0 atom stereocenters. The van der Waals surface area contributed by atoms with E-state index < -0.39 is 0 Å². The van der Waals surface area contributed by atoms with Crippen LogP contribution in [0.2, 0.25) is 0 Å². The van der Waals surface area contributed by atoms with Crippen LogP contribution in [-0.4, -0.2) is 31.2 Å². The third-order valence-electron chi connectivity index (χ3n) is 3.71. The van der Waals surface area contributed by atoms with Crippen LogP contribution in [0, 0.1) is 5.92 Å². The lowest BCUT2D eigenvalue weighted by Crippen LogP contribution is -2.43. The molecule has 2 rings (SSSR count). The van der Waals surface area contributed by atoms with E-state index in [0.717, 1.165) is 51.7 Å². The van der Waals surface area contributed by atoms with Crippen LogP contribution >= 0.6 is 0 Å². The van der Waals surface area contributed by atoms with Crippen LogP contribution in [0.4, 0.5) is 0 Å². The summed E-state index contributed by atoms with van der Waals surface area (Å²) in [6.45, 7) is 1.56. The zero-order valence-electron chi connectivity index (χ0n) is 9.78. The average Bonchev–Trinajstić information content (AvgIpc) is 2.31. The van der Waals surface area contributed by atoms with Crippen LogP contribution < -0.4 is 11.1 Å². The molecule has 0 bridgehead atoms. The van der Waals surface area contributed by atoms with Gasteiger partial charge in [0.05, 0.1) is 0 Å². The summed E-state index contributed by atoms with van der Waals surface area (Å²) < 4.78 is 5.27. The van der Waals surface area contributed by atoms with Crippen LogP contribution in [-0.2, 0) is 9.53 Å². The summed E-state index contributed by atoms with van der Waals surface area (Å²) >= 11 is 0. The molecule has 3 N–H and O–H groups in total. The molecule has 4 nitrogen and oxygen atoms in total. The normalized spacial score (nSPS) is 32.3. The molecular weight excluding hydrogens is 204 g/mol. The highest BCUT2D eigenvalue weighted by Crippen LogP contribution is 2.23. The van der Waals surface area contributed by atoms with E-state index in [1.807, 2.05) is 0 Å².